The molecule has 2 rings (SSSR count). The van der Waals surface area contributed by atoms with Gasteiger partial charge in [0.2, 0.25) is 21.8 Å². The van der Waals surface area contributed by atoms with E-state index < -0.39 is 34.1 Å². The molecule has 0 saturated heterocycles. The van der Waals surface area contributed by atoms with Crippen LogP contribution in [0.4, 0.5) is 5.69 Å². The van der Waals surface area contributed by atoms with Gasteiger partial charge < -0.3 is 10.2 Å². The minimum absolute atomic E-state index is 0.0603. The van der Waals surface area contributed by atoms with Crippen molar-refractivity contribution < 1.29 is 18.0 Å². The molecule has 0 heterocycles. The molecule has 8 heteroatoms. The number of anilines is 1. The first kappa shape index (κ1) is 29.4. The van der Waals surface area contributed by atoms with Crippen molar-refractivity contribution in [2.45, 2.75) is 78.9 Å². The molecule has 198 valence electrons. The fourth-order valence-electron chi connectivity index (χ4n) is 4.06. The van der Waals surface area contributed by atoms with Crippen LogP contribution in [0.1, 0.15) is 70.6 Å². The van der Waals surface area contributed by atoms with Gasteiger partial charge in [-0.25, -0.2) is 8.42 Å². The van der Waals surface area contributed by atoms with E-state index in [1.165, 1.54) is 4.90 Å². The highest BCUT2D eigenvalue weighted by Crippen LogP contribution is 2.29. The SMILES string of the molecule is CCC(C(=O)NC(C)(C)C)N(Cc1ccc(C)cc1)C(=O)CN(c1ccccc1C(C)C)S(C)(=O)=O. The van der Waals surface area contributed by atoms with Crippen LogP contribution in [0.15, 0.2) is 48.5 Å². The Labute approximate surface area is 216 Å². The molecule has 0 spiro atoms. The van der Waals surface area contributed by atoms with Crippen LogP contribution in [0, 0.1) is 6.92 Å². The predicted octanol–water partition coefficient (Wildman–Crippen LogP) is 4.61. The second-order valence-electron chi connectivity index (χ2n) is 10.7. The fraction of sp³-hybridized carbons (Fsp3) is 0.500. The van der Waals surface area contributed by atoms with Crippen molar-refractivity contribution in [3.05, 3.63) is 65.2 Å². The Bertz CT molecular complexity index is 1150. The molecule has 0 aliphatic heterocycles. The van der Waals surface area contributed by atoms with Crippen LogP contribution in [0.25, 0.3) is 0 Å². The Morgan fingerprint density at radius 1 is 1.00 bits per heavy atom. The number of aryl methyl sites for hydroxylation is 1. The number of carbonyl (C=O) groups is 2. The monoisotopic (exact) mass is 515 g/mol. The molecule has 0 bridgehead atoms. The third-order valence-corrected chi connectivity index (χ3v) is 6.99. The van der Waals surface area contributed by atoms with Gasteiger partial charge in [-0.15, -0.1) is 0 Å². The highest BCUT2D eigenvalue weighted by atomic mass is 32.2. The summed E-state index contributed by atoms with van der Waals surface area (Å²) in [6, 6.07) is 14.2. The first-order valence-electron chi connectivity index (χ1n) is 12.4. The van der Waals surface area contributed by atoms with E-state index in [9.17, 15) is 18.0 Å². The van der Waals surface area contributed by atoms with E-state index in [0.29, 0.717) is 12.1 Å². The van der Waals surface area contributed by atoms with Crippen molar-refractivity contribution in [3.63, 3.8) is 0 Å². The maximum Gasteiger partial charge on any atom is 0.244 e. The first-order chi connectivity index (χ1) is 16.6. The van der Waals surface area contributed by atoms with E-state index in [4.69, 9.17) is 0 Å². The van der Waals surface area contributed by atoms with E-state index in [1.54, 1.807) is 12.1 Å². The Morgan fingerprint density at radius 2 is 1.58 bits per heavy atom. The lowest BCUT2D eigenvalue weighted by Gasteiger charge is -2.35. The predicted molar refractivity (Wildman–Crippen MR) is 146 cm³/mol. The molecule has 0 aromatic heterocycles. The average molecular weight is 516 g/mol. The maximum atomic E-state index is 13.8. The zero-order chi connectivity index (χ0) is 27.3. The van der Waals surface area contributed by atoms with Gasteiger partial charge >= 0.3 is 0 Å². The van der Waals surface area contributed by atoms with Crippen molar-refractivity contribution >= 4 is 27.5 Å². The highest BCUT2D eigenvalue weighted by Gasteiger charge is 2.33. The second kappa shape index (κ2) is 11.9. The number of benzene rings is 2. The van der Waals surface area contributed by atoms with E-state index in [1.807, 2.05) is 84.9 Å². The number of rotatable bonds is 10. The van der Waals surface area contributed by atoms with Gasteiger partial charge in [0, 0.05) is 12.1 Å². The Morgan fingerprint density at radius 3 is 2.08 bits per heavy atom. The molecule has 1 N–H and O–H groups in total. The van der Waals surface area contributed by atoms with Crippen molar-refractivity contribution in [3.8, 4) is 0 Å². The van der Waals surface area contributed by atoms with Crippen LogP contribution in [0.2, 0.25) is 0 Å². The van der Waals surface area contributed by atoms with Gasteiger partial charge in [-0.1, -0.05) is 68.8 Å². The molecule has 0 fully saturated rings. The fourth-order valence-corrected chi connectivity index (χ4v) is 4.93. The molecule has 2 aromatic rings. The van der Waals surface area contributed by atoms with Gasteiger partial charge in [0.05, 0.1) is 11.9 Å². The van der Waals surface area contributed by atoms with Crippen LogP contribution < -0.4 is 9.62 Å². The number of sulfonamides is 1. The number of nitrogens with one attached hydrogen (secondary N) is 1. The summed E-state index contributed by atoms with van der Waals surface area (Å²) in [6.45, 7) is 13.3. The molecule has 1 atom stereocenters. The molecule has 2 aromatic carbocycles. The minimum Gasteiger partial charge on any atom is -0.350 e. The van der Waals surface area contributed by atoms with Crippen molar-refractivity contribution in [2.75, 3.05) is 17.1 Å². The molecule has 0 aliphatic rings. The lowest BCUT2D eigenvalue weighted by molar-refractivity contribution is -0.141. The standard InChI is InChI=1S/C28H41N3O4S/c1-9-24(27(33)29-28(5,6)7)30(18-22-16-14-21(4)15-17-22)26(32)19-31(36(8,34)35)25-13-11-10-12-23(25)20(2)3/h10-17,20,24H,9,18-19H2,1-8H3,(H,29,33). The van der Waals surface area contributed by atoms with Gasteiger partial charge in [-0.3, -0.25) is 13.9 Å². The third-order valence-electron chi connectivity index (χ3n) is 5.86. The van der Waals surface area contributed by atoms with Crippen molar-refractivity contribution in [2.24, 2.45) is 0 Å². The summed E-state index contributed by atoms with van der Waals surface area (Å²) >= 11 is 0. The van der Waals surface area contributed by atoms with Gasteiger partial charge in [0.25, 0.3) is 0 Å². The lowest BCUT2D eigenvalue weighted by Crippen LogP contribution is -2.55. The Kier molecular flexibility index (Phi) is 9.71. The summed E-state index contributed by atoms with van der Waals surface area (Å²) in [5.41, 5.74) is 2.79. The summed E-state index contributed by atoms with van der Waals surface area (Å²) < 4.78 is 26.9. The second-order valence-corrected chi connectivity index (χ2v) is 12.6. The molecule has 36 heavy (non-hydrogen) atoms. The summed E-state index contributed by atoms with van der Waals surface area (Å²) in [4.78, 5) is 28.6. The van der Waals surface area contributed by atoms with Gasteiger partial charge in [0.1, 0.15) is 12.6 Å². The zero-order valence-corrected chi connectivity index (χ0v) is 23.6. The summed E-state index contributed by atoms with van der Waals surface area (Å²) in [6.07, 6.45) is 1.49. The topological polar surface area (TPSA) is 86.8 Å². The van der Waals surface area contributed by atoms with Crippen LogP contribution in [0.5, 0.6) is 0 Å². The Hall–Kier alpha value is -2.87. The smallest absolute Gasteiger partial charge is 0.244 e. The number of carbonyl (C=O) groups excluding carboxylic acids is 2. The highest BCUT2D eigenvalue weighted by molar-refractivity contribution is 7.92. The summed E-state index contributed by atoms with van der Waals surface area (Å²) in [5, 5.41) is 2.98. The van der Waals surface area contributed by atoms with E-state index >= 15 is 0 Å². The molecular weight excluding hydrogens is 474 g/mol. The first-order valence-corrected chi connectivity index (χ1v) is 14.2. The van der Waals surface area contributed by atoms with Crippen LogP contribution in [-0.4, -0.2) is 49.5 Å². The van der Waals surface area contributed by atoms with Crippen LogP contribution in [0.3, 0.4) is 0 Å². The van der Waals surface area contributed by atoms with E-state index in [2.05, 4.69) is 5.32 Å². The third kappa shape index (κ3) is 8.08. The summed E-state index contributed by atoms with van der Waals surface area (Å²) in [5.74, 6) is -0.639. The lowest BCUT2D eigenvalue weighted by atomic mass is 10.0. The minimum atomic E-state index is -3.78. The molecule has 1 unspecified atom stereocenters. The van der Waals surface area contributed by atoms with E-state index in [0.717, 1.165) is 27.3 Å². The van der Waals surface area contributed by atoms with Crippen LogP contribution in [-0.2, 0) is 26.2 Å². The quantitative estimate of drug-likeness (QED) is 0.501. The Balaban J connectivity index is 2.51. The van der Waals surface area contributed by atoms with Gasteiger partial charge in [-0.05, 0) is 57.2 Å². The zero-order valence-electron chi connectivity index (χ0n) is 22.8. The largest absolute Gasteiger partial charge is 0.350 e. The number of amides is 2. The van der Waals surface area contributed by atoms with Crippen molar-refractivity contribution in [1.82, 2.24) is 10.2 Å². The molecule has 0 saturated carbocycles. The molecule has 2 amide bonds. The van der Waals surface area contributed by atoms with Crippen LogP contribution >= 0.6 is 0 Å². The number of hydrogen-bond acceptors (Lipinski definition) is 4. The number of para-hydroxylation sites is 1. The van der Waals surface area contributed by atoms with Gasteiger partial charge in [0.15, 0.2) is 0 Å². The van der Waals surface area contributed by atoms with E-state index in [-0.39, 0.29) is 18.4 Å². The maximum absolute atomic E-state index is 13.8. The van der Waals surface area contributed by atoms with Crippen molar-refractivity contribution in [1.29, 1.82) is 0 Å². The molecule has 0 radical (unpaired) electrons. The molecular formula is C28H41N3O4S. The van der Waals surface area contributed by atoms with Gasteiger partial charge in [-0.2, -0.15) is 0 Å². The number of nitrogens with zero attached hydrogens (tertiary/aromatic N) is 2. The number of hydrogen-bond donors (Lipinski definition) is 1. The molecule has 7 nitrogen and oxygen atoms in total. The average Bonchev–Trinajstić information content (AvgIpc) is 2.76. The molecule has 0 aliphatic carbocycles. The normalized spacial score (nSPS) is 12.8. The summed E-state index contributed by atoms with van der Waals surface area (Å²) in [7, 11) is -3.78.